The molecule has 132 valence electrons. The lowest BCUT2D eigenvalue weighted by Gasteiger charge is -2.42. The van der Waals surface area contributed by atoms with Crippen LogP contribution in [0.3, 0.4) is 0 Å². The van der Waals surface area contributed by atoms with Crippen LogP contribution in [0.2, 0.25) is 0 Å². The van der Waals surface area contributed by atoms with E-state index in [2.05, 4.69) is 45.9 Å². The SMILES string of the molecule is CC1(C)CCC(C)(C)c2cc(CC(=O)OCc3ccccc3)ccc21. The number of fused-ring (bicyclic) bond motifs is 1. The van der Waals surface area contributed by atoms with E-state index in [1.807, 2.05) is 30.3 Å². The molecule has 0 amide bonds. The van der Waals surface area contributed by atoms with Crippen LogP contribution in [-0.2, 0) is 33.4 Å². The molecule has 25 heavy (non-hydrogen) atoms. The highest BCUT2D eigenvalue weighted by molar-refractivity contribution is 5.72. The Morgan fingerprint density at radius 1 is 0.880 bits per heavy atom. The summed E-state index contributed by atoms with van der Waals surface area (Å²) >= 11 is 0. The van der Waals surface area contributed by atoms with Gasteiger partial charge in [0, 0.05) is 0 Å². The average Bonchev–Trinajstić information content (AvgIpc) is 2.58. The maximum absolute atomic E-state index is 12.2. The van der Waals surface area contributed by atoms with Gasteiger partial charge in [-0.1, -0.05) is 76.2 Å². The summed E-state index contributed by atoms with van der Waals surface area (Å²) in [5.74, 6) is -0.170. The summed E-state index contributed by atoms with van der Waals surface area (Å²) < 4.78 is 5.43. The van der Waals surface area contributed by atoms with Crippen LogP contribution in [0.1, 0.15) is 62.8 Å². The topological polar surface area (TPSA) is 26.3 Å². The molecule has 0 aliphatic heterocycles. The molecule has 2 nitrogen and oxygen atoms in total. The van der Waals surface area contributed by atoms with Crippen molar-refractivity contribution < 1.29 is 9.53 Å². The fourth-order valence-electron chi connectivity index (χ4n) is 3.70. The highest BCUT2D eigenvalue weighted by Crippen LogP contribution is 2.45. The van der Waals surface area contributed by atoms with E-state index < -0.39 is 0 Å². The van der Waals surface area contributed by atoms with Gasteiger partial charge >= 0.3 is 5.97 Å². The second-order valence-corrected chi connectivity index (χ2v) is 8.47. The van der Waals surface area contributed by atoms with Gasteiger partial charge in [0.15, 0.2) is 0 Å². The minimum absolute atomic E-state index is 0.162. The molecular weight excluding hydrogens is 308 g/mol. The molecule has 2 heteroatoms. The van der Waals surface area contributed by atoms with Crippen LogP contribution in [0.5, 0.6) is 0 Å². The maximum atomic E-state index is 12.2. The molecular formula is C23H28O2. The first-order valence-electron chi connectivity index (χ1n) is 9.11. The number of ether oxygens (including phenoxy) is 1. The minimum Gasteiger partial charge on any atom is -0.461 e. The van der Waals surface area contributed by atoms with Gasteiger partial charge in [0.2, 0.25) is 0 Å². The van der Waals surface area contributed by atoms with E-state index in [9.17, 15) is 4.79 Å². The van der Waals surface area contributed by atoms with Crippen LogP contribution < -0.4 is 0 Å². The highest BCUT2D eigenvalue weighted by atomic mass is 16.5. The number of esters is 1. The quantitative estimate of drug-likeness (QED) is 0.706. The summed E-state index contributed by atoms with van der Waals surface area (Å²) in [7, 11) is 0. The Bertz CT molecular complexity index is 757. The zero-order valence-electron chi connectivity index (χ0n) is 15.8. The summed E-state index contributed by atoms with van der Waals surface area (Å²) in [4.78, 5) is 12.2. The van der Waals surface area contributed by atoms with Crippen molar-refractivity contribution in [3.8, 4) is 0 Å². The number of rotatable bonds is 4. The average molecular weight is 336 g/mol. The minimum atomic E-state index is -0.170. The third-order valence-electron chi connectivity index (χ3n) is 5.51. The predicted octanol–water partition coefficient (Wildman–Crippen LogP) is 5.32. The van der Waals surface area contributed by atoms with E-state index in [-0.39, 0.29) is 16.8 Å². The van der Waals surface area contributed by atoms with Gasteiger partial charge in [0.25, 0.3) is 0 Å². The van der Waals surface area contributed by atoms with E-state index in [1.54, 1.807) is 0 Å². The molecule has 3 rings (SSSR count). The molecule has 0 N–H and O–H groups in total. The van der Waals surface area contributed by atoms with Crippen molar-refractivity contribution in [2.75, 3.05) is 0 Å². The van der Waals surface area contributed by atoms with E-state index in [0.717, 1.165) is 11.1 Å². The molecule has 0 heterocycles. The lowest BCUT2D eigenvalue weighted by Crippen LogP contribution is -2.34. The Morgan fingerprint density at radius 2 is 1.52 bits per heavy atom. The van der Waals surface area contributed by atoms with E-state index in [1.165, 1.54) is 24.0 Å². The predicted molar refractivity (Wildman–Crippen MR) is 102 cm³/mol. The fraction of sp³-hybridized carbons (Fsp3) is 0.435. The molecule has 0 atom stereocenters. The highest BCUT2D eigenvalue weighted by Gasteiger charge is 2.36. The van der Waals surface area contributed by atoms with Gasteiger partial charge in [-0.15, -0.1) is 0 Å². The van der Waals surface area contributed by atoms with Crippen molar-refractivity contribution in [2.24, 2.45) is 0 Å². The first-order valence-corrected chi connectivity index (χ1v) is 9.11. The van der Waals surface area contributed by atoms with Crippen LogP contribution in [0.4, 0.5) is 0 Å². The van der Waals surface area contributed by atoms with Gasteiger partial charge in [-0.3, -0.25) is 4.79 Å². The summed E-state index contributed by atoms with van der Waals surface area (Å²) in [6.07, 6.45) is 2.71. The molecule has 0 spiro atoms. The summed E-state index contributed by atoms with van der Waals surface area (Å²) in [6.45, 7) is 9.57. The number of hydrogen-bond acceptors (Lipinski definition) is 2. The van der Waals surface area contributed by atoms with Gasteiger partial charge in [0.1, 0.15) is 6.61 Å². The molecule has 2 aromatic rings. The Kier molecular flexibility index (Phi) is 4.73. The Labute approximate surface area is 151 Å². The van der Waals surface area contributed by atoms with Crippen molar-refractivity contribution in [3.63, 3.8) is 0 Å². The van der Waals surface area contributed by atoms with Gasteiger partial charge in [-0.25, -0.2) is 0 Å². The third-order valence-corrected chi connectivity index (χ3v) is 5.51. The zero-order chi connectivity index (χ0) is 18.1. The summed E-state index contributed by atoms with van der Waals surface area (Å²) in [5, 5.41) is 0. The number of carbonyl (C=O) groups excluding carboxylic acids is 1. The Hall–Kier alpha value is -2.09. The van der Waals surface area contributed by atoms with Crippen LogP contribution in [0, 0.1) is 0 Å². The summed E-state index contributed by atoms with van der Waals surface area (Å²) in [5.41, 5.74) is 5.24. The normalized spacial score (nSPS) is 17.6. The number of benzene rings is 2. The van der Waals surface area contributed by atoms with E-state index in [0.29, 0.717) is 13.0 Å². The molecule has 1 aliphatic carbocycles. The molecule has 0 unspecified atom stereocenters. The molecule has 0 saturated heterocycles. The molecule has 0 fully saturated rings. The third kappa shape index (κ3) is 3.95. The standard InChI is InChI=1S/C23H28O2/c1-22(2)12-13-23(3,4)20-14-18(10-11-19(20)22)15-21(24)25-16-17-8-6-5-7-9-17/h5-11,14H,12-13,15-16H2,1-4H3. The van der Waals surface area contributed by atoms with Crippen molar-refractivity contribution >= 4 is 5.97 Å². The van der Waals surface area contributed by atoms with E-state index in [4.69, 9.17) is 4.74 Å². The van der Waals surface area contributed by atoms with Gasteiger partial charge in [-0.2, -0.15) is 0 Å². The molecule has 0 aromatic heterocycles. The molecule has 0 bridgehead atoms. The summed E-state index contributed by atoms with van der Waals surface area (Å²) in [6, 6.07) is 16.3. The van der Waals surface area contributed by atoms with Gasteiger partial charge in [-0.05, 0) is 45.9 Å². The monoisotopic (exact) mass is 336 g/mol. The second kappa shape index (κ2) is 6.67. The number of carbonyl (C=O) groups is 1. The van der Waals surface area contributed by atoms with E-state index >= 15 is 0 Å². The van der Waals surface area contributed by atoms with Crippen molar-refractivity contribution in [1.29, 1.82) is 0 Å². The smallest absolute Gasteiger partial charge is 0.310 e. The molecule has 1 aliphatic rings. The lowest BCUT2D eigenvalue weighted by molar-refractivity contribution is -0.144. The van der Waals surface area contributed by atoms with Gasteiger partial charge in [0.05, 0.1) is 6.42 Å². The Balaban J connectivity index is 1.72. The fourth-order valence-corrected chi connectivity index (χ4v) is 3.70. The largest absolute Gasteiger partial charge is 0.461 e. The van der Waals surface area contributed by atoms with Crippen LogP contribution >= 0.6 is 0 Å². The Morgan fingerprint density at radius 3 is 2.20 bits per heavy atom. The van der Waals surface area contributed by atoms with Crippen molar-refractivity contribution in [2.45, 2.75) is 64.4 Å². The van der Waals surface area contributed by atoms with Crippen molar-refractivity contribution in [1.82, 2.24) is 0 Å². The molecule has 0 radical (unpaired) electrons. The molecule has 0 saturated carbocycles. The number of hydrogen-bond donors (Lipinski definition) is 0. The van der Waals surface area contributed by atoms with Crippen LogP contribution in [0.15, 0.2) is 48.5 Å². The molecule has 2 aromatic carbocycles. The van der Waals surface area contributed by atoms with Crippen LogP contribution in [-0.4, -0.2) is 5.97 Å². The first-order chi connectivity index (χ1) is 11.8. The van der Waals surface area contributed by atoms with Gasteiger partial charge < -0.3 is 4.74 Å². The first kappa shape index (κ1) is 17.7. The van der Waals surface area contributed by atoms with Crippen LogP contribution in [0.25, 0.3) is 0 Å². The zero-order valence-corrected chi connectivity index (χ0v) is 15.8. The lowest BCUT2D eigenvalue weighted by atomic mass is 9.63. The second-order valence-electron chi connectivity index (χ2n) is 8.47. The van der Waals surface area contributed by atoms with Crippen molar-refractivity contribution in [3.05, 3.63) is 70.8 Å². The maximum Gasteiger partial charge on any atom is 0.310 e.